The highest BCUT2D eigenvalue weighted by Gasteiger charge is 2.19. The maximum atomic E-state index is 12.6. The fourth-order valence-corrected chi connectivity index (χ4v) is 3.38. The highest BCUT2D eigenvalue weighted by Crippen LogP contribution is 2.31. The van der Waals surface area contributed by atoms with Crippen LogP contribution in [0.4, 0.5) is 0 Å². The monoisotopic (exact) mass is 421 g/mol. The SMILES string of the molecule is C=C(C)COc1cc(C)cc2oc(=O)c(CC(=O)NC[C@@H](O)c3ccccc3)c(C)c12. The molecule has 0 unspecified atom stereocenters. The number of benzene rings is 2. The van der Waals surface area contributed by atoms with Gasteiger partial charge >= 0.3 is 5.63 Å². The van der Waals surface area contributed by atoms with E-state index in [1.807, 2.05) is 38.1 Å². The van der Waals surface area contributed by atoms with Crippen molar-refractivity contribution in [3.63, 3.8) is 0 Å². The molecular weight excluding hydrogens is 394 g/mol. The quantitative estimate of drug-likeness (QED) is 0.427. The van der Waals surface area contributed by atoms with Crippen molar-refractivity contribution in [2.75, 3.05) is 13.2 Å². The number of aliphatic hydroxyl groups is 1. The normalized spacial score (nSPS) is 11.9. The lowest BCUT2D eigenvalue weighted by molar-refractivity contribution is -0.120. The highest BCUT2D eigenvalue weighted by molar-refractivity contribution is 5.89. The summed E-state index contributed by atoms with van der Waals surface area (Å²) in [6.07, 6.45) is -0.983. The Morgan fingerprint density at radius 2 is 1.94 bits per heavy atom. The van der Waals surface area contributed by atoms with Crippen molar-refractivity contribution in [2.24, 2.45) is 0 Å². The first-order valence-corrected chi connectivity index (χ1v) is 10.1. The zero-order valence-corrected chi connectivity index (χ0v) is 18.0. The molecule has 3 aromatic rings. The molecule has 0 saturated heterocycles. The zero-order valence-electron chi connectivity index (χ0n) is 18.0. The summed E-state index contributed by atoms with van der Waals surface area (Å²) in [6, 6.07) is 12.7. The van der Waals surface area contributed by atoms with E-state index < -0.39 is 11.7 Å². The topological polar surface area (TPSA) is 88.8 Å². The van der Waals surface area contributed by atoms with Gasteiger partial charge in [0.2, 0.25) is 5.91 Å². The molecule has 0 saturated carbocycles. The molecule has 2 aromatic carbocycles. The van der Waals surface area contributed by atoms with Crippen molar-refractivity contribution in [1.29, 1.82) is 0 Å². The Bertz CT molecular complexity index is 1160. The molecule has 1 heterocycles. The van der Waals surface area contributed by atoms with Crippen LogP contribution in [-0.2, 0) is 11.2 Å². The van der Waals surface area contributed by atoms with Crippen LogP contribution in [0.15, 0.2) is 63.8 Å². The number of hydrogen-bond acceptors (Lipinski definition) is 5. The summed E-state index contributed by atoms with van der Waals surface area (Å²) < 4.78 is 11.4. The van der Waals surface area contributed by atoms with Crippen LogP contribution in [0.5, 0.6) is 5.75 Å². The van der Waals surface area contributed by atoms with Crippen molar-refractivity contribution < 1.29 is 19.1 Å². The van der Waals surface area contributed by atoms with Crippen LogP contribution in [0.2, 0.25) is 0 Å². The van der Waals surface area contributed by atoms with Gasteiger partial charge in [0, 0.05) is 6.54 Å². The summed E-state index contributed by atoms with van der Waals surface area (Å²) in [7, 11) is 0. The lowest BCUT2D eigenvalue weighted by atomic mass is 10.0. The lowest BCUT2D eigenvalue weighted by Gasteiger charge is -2.15. The number of hydrogen-bond donors (Lipinski definition) is 2. The number of aryl methyl sites for hydroxylation is 2. The standard InChI is InChI=1S/C25H27NO5/c1-15(2)14-30-21-10-16(3)11-22-24(21)17(4)19(25(29)31-22)12-23(28)26-13-20(27)18-8-6-5-7-9-18/h5-11,20,27H,1,12-14H2,2-4H3,(H,26,28)/t20-/m1/s1. The van der Waals surface area contributed by atoms with Crippen molar-refractivity contribution in [3.05, 3.63) is 87.3 Å². The Kier molecular flexibility index (Phi) is 6.92. The molecule has 0 radical (unpaired) electrons. The Labute approximate surface area is 181 Å². The van der Waals surface area contributed by atoms with Crippen molar-refractivity contribution in [1.82, 2.24) is 5.32 Å². The molecule has 1 aromatic heterocycles. The minimum absolute atomic E-state index is 0.0486. The molecule has 162 valence electrons. The number of fused-ring (bicyclic) bond motifs is 1. The summed E-state index contributed by atoms with van der Waals surface area (Å²) in [5.41, 5.74) is 3.24. The van der Waals surface area contributed by atoms with Gasteiger partial charge in [0.05, 0.1) is 23.5 Å². The van der Waals surface area contributed by atoms with Crippen molar-refractivity contribution in [2.45, 2.75) is 33.3 Å². The molecule has 6 heteroatoms. The molecular formula is C25H27NO5. The molecule has 6 nitrogen and oxygen atoms in total. The van der Waals surface area contributed by atoms with Gasteiger partial charge in [0.1, 0.15) is 17.9 Å². The summed E-state index contributed by atoms with van der Waals surface area (Å²) in [6.45, 7) is 9.77. The third kappa shape index (κ3) is 5.41. The zero-order chi connectivity index (χ0) is 22.5. The molecule has 2 N–H and O–H groups in total. The van der Waals surface area contributed by atoms with E-state index in [2.05, 4.69) is 11.9 Å². The maximum Gasteiger partial charge on any atom is 0.340 e. The largest absolute Gasteiger partial charge is 0.488 e. The second kappa shape index (κ2) is 9.62. The van der Waals surface area contributed by atoms with Gasteiger partial charge in [-0.05, 0) is 55.2 Å². The maximum absolute atomic E-state index is 12.6. The third-order valence-corrected chi connectivity index (χ3v) is 4.98. The second-order valence-corrected chi connectivity index (χ2v) is 7.78. The first-order chi connectivity index (χ1) is 14.8. The van der Waals surface area contributed by atoms with E-state index in [4.69, 9.17) is 9.15 Å². The van der Waals surface area contributed by atoms with Gasteiger partial charge in [-0.25, -0.2) is 4.79 Å². The first kappa shape index (κ1) is 22.3. The van der Waals surface area contributed by atoms with Crippen LogP contribution < -0.4 is 15.7 Å². The highest BCUT2D eigenvalue weighted by atomic mass is 16.5. The Morgan fingerprint density at radius 3 is 2.61 bits per heavy atom. The summed E-state index contributed by atoms with van der Waals surface area (Å²) in [5, 5.41) is 13.6. The second-order valence-electron chi connectivity index (χ2n) is 7.78. The third-order valence-electron chi connectivity index (χ3n) is 4.98. The molecule has 0 aliphatic heterocycles. The van der Waals surface area contributed by atoms with Crippen molar-refractivity contribution in [3.8, 4) is 5.75 Å². The van der Waals surface area contributed by atoms with E-state index in [1.54, 1.807) is 25.1 Å². The first-order valence-electron chi connectivity index (χ1n) is 10.1. The molecule has 0 aliphatic carbocycles. The number of rotatable bonds is 8. The van der Waals surface area contributed by atoms with E-state index in [0.717, 1.165) is 11.1 Å². The molecule has 1 atom stereocenters. The number of amides is 1. The van der Waals surface area contributed by atoms with Crippen LogP contribution in [-0.4, -0.2) is 24.2 Å². The fraction of sp³-hybridized carbons (Fsp3) is 0.280. The van der Waals surface area contributed by atoms with E-state index >= 15 is 0 Å². The van der Waals surface area contributed by atoms with Gasteiger partial charge < -0.3 is 19.6 Å². The molecule has 0 bridgehead atoms. The molecule has 0 spiro atoms. The average Bonchev–Trinajstić information content (AvgIpc) is 2.73. The fourth-order valence-electron chi connectivity index (χ4n) is 3.38. The van der Waals surface area contributed by atoms with Gasteiger partial charge in [-0.1, -0.05) is 36.9 Å². The Morgan fingerprint density at radius 1 is 1.23 bits per heavy atom. The summed E-state index contributed by atoms with van der Waals surface area (Å²) >= 11 is 0. The number of nitrogens with one attached hydrogen (secondary N) is 1. The van der Waals surface area contributed by atoms with Crippen LogP contribution in [0.3, 0.4) is 0 Å². The predicted molar refractivity (Wildman–Crippen MR) is 120 cm³/mol. The van der Waals surface area contributed by atoms with Crippen LogP contribution in [0.25, 0.3) is 11.0 Å². The molecule has 31 heavy (non-hydrogen) atoms. The van der Waals surface area contributed by atoms with Gasteiger partial charge in [0.15, 0.2) is 0 Å². The predicted octanol–water partition coefficient (Wildman–Crippen LogP) is 3.76. The number of ether oxygens (including phenoxy) is 1. The van der Waals surface area contributed by atoms with Crippen LogP contribution in [0, 0.1) is 13.8 Å². The van der Waals surface area contributed by atoms with E-state index in [0.29, 0.717) is 34.5 Å². The van der Waals surface area contributed by atoms with Crippen LogP contribution in [0.1, 0.15) is 35.3 Å². The minimum Gasteiger partial charge on any atom is -0.488 e. The Balaban J connectivity index is 1.83. The van der Waals surface area contributed by atoms with Gasteiger partial charge in [-0.3, -0.25) is 4.79 Å². The molecule has 0 aliphatic rings. The van der Waals surface area contributed by atoms with Crippen molar-refractivity contribution >= 4 is 16.9 Å². The number of carbonyl (C=O) groups is 1. The van der Waals surface area contributed by atoms with Gasteiger partial charge in [-0.15, -0.1) is 0 Å². The number of carbonyl (C=O) groups excluding carboxylic acids is 1. The van der Waals surface area contributed by atoms with Crippen LogP contribution >= 0.6 is 0 Å². The lowest BCUT2D eigenvalue weighted by Crippen LogP contribution is -2.31. The minimum atomic E-state index is -0.829. The molecule has 3 rings (SSSR count). The van der Waals surface area contributed by atoms with Gasteiger partial charge in [0.25, 0.3) is 0 Å². The average molecular weight is 421 g/mol. The molecule has 1 amide bonds. The summed E-state index contributed by atoms with van der Waals surface area (Å²) in [5.74, 6) is 0.210. The van der Waals surface area contributed by atoms with E-state index in [-0.39, 0.29) is 24.4 Å². The smallest absolute Gasteiger partial charge is 0.340 e. The van der Waals surface area contributed by atoms with E-state index in [9.17, 15) is 14.7 Å². The number of aliphatic hydroxyl groups excluding tert-OH is 1. The summed E-state index contributed by atoms with van der Waals surface area (Å²) in [4.78, 5) is 25.1. The Hall–Kier alpha value is -3.38. The van der Waals surface area contributed by atoms with E-state index in [1.165, 1.54) is 0 Å². The van der Waals surface area contributed by atoms with Gasteiger partial charge in [-0.2, -0.15) is 0 Å². The molecule has 0 fully saturated rings.